The highest BCUT2D eigenvalue weighted by Gasteiger charge is 2.85. The van der Waals surface area contributed by atoms with E-state index in [1.54, 1.807) is 6.92 Å². The standard InChI is InChI=1S/C40H44O14/c1-15-8-9-51-24(41)6-7-25(42)52-13-18-20-12-23-37(3,21-11-22(21)39(23,49)14-53-34(15)46)32-30(43)27-17-10-19(17)38(4)28(27)29(40(20,32)54-36(18)48)26(31(44)33(38)45)16(2)35(47)50-5/h8,17,19,21-23,29-30,32-33,43,45,49H,6-7,9-14H2,1-5H3/b15-8+,26-16+/t17-,19+,21+,22-,23+,29-,30-,32-,33-,37-,38-,39-,40+/m1/s1. The van der Waals surface area contributed by atoms with Crippen molar-refractivity contribution < 1.29 is 67.8 Å². The van der Waals surface area contributed by atoms with Gasteiger partial charge >= 0.3 is 29.8 Å². The second kappa shape index (κ2) is 11.2. The van der Waals surface area contributed by atoms with E-state index in [1.165, 1.54) is 27.0 Å². The van der Waals surface area contributed by atoms with E-state index in [2.05, 4.69) is 0 Å². The molecule has 2 aliphatic heterocycles. The van der Waals surface area contributed by atoms with Crippen molar-refractivity contribution >= 4 is 35.6 Å². The first-order valence-corrected chi connectivity index (χ1v) is 18.8. The van der Waals surface area contributed by atoms with Gasteiger partial charge in [0.2, 0.25) is 0 Å². The van der Waals surface area contributed by atoms with Gasteiger partial charge in [-0.25, -0.2) is 14.4 Å². The molecule has 7 aliphatic carbocycles. The van der Waals surface area contributed by atoms with Crippen LogP contribution in [0.25, 0.3) is 0 Å². The van der Waals surface area contributed by atoms with Crippen LogP contribution in [0.3, 0.4) is 0 Å². The summed E-state index contributed by atoms with van der Waals surface area (Å²) in [6.45, 7) is 5.51. The van der Waals surface area contributed by atoms with Crippen LogP contribution >= 0.6 is 0 Å². The predicted octanol–water partition coefficient (Wildman–Crippen LogP) is 1.35. The lowest BCUT2D eigenvalue weighted by Gasteiger charge is -2.64. The van der Waals surface area contributed by atoms with E-state index in [-0.39, 0.29) is 71.8 Å². The largest absolute Gasteiger partial charge is 0.466 e. The summed E-state index contributed by atoms with van der Waals surface area (Å²) < 4.78 is 28.2. The van der Waals surface area contributed by atoms with Gasteiger partial charge in [-0.15, -0.1) is 0 Å². The van der Waals surface area contributed by atoms with Crippen LogP contribution < -0.4 is 0 Å². The number of ether oxygens (including phenoxy) is 5. The van der Waals surface area contributed by atoms with E-state index in [9.17, 15) is 44.1 Å². The van der Waals surface area contributed by atoms with Crippen LogP contribution in [0.4, 0.5) is 0 Å². The van der Waals surface area contributed by atoms with Crippen LogP contribution in [0, 0.1) is 52.3 Å². The van der Waals surface area contributed by atoms with Gasteiger partial charge in [0.1, 0.15) is 31.5 Å². The molecule has 0 amide bonds. The molecule has 0 aromatic rings. The van der Waals surface area contributed by atoms with E-state index >= 15 is 0 Å². The van der Waals surface area contributed by atoms with Crippen molar-refractivity contribution in [2.24, 2.45) is 52.3 Å². The van der Waals surface area contributed by atoms with Crippen LogP contribution in [-0.4, -0.2) is 101 Å². The Balaban J connectivity index is 1.29. The van der Waals surface area contributed by atoms with Crippen molar-refractivity contribution in [2.45, 2.75) is 83.2 Å². The third kappa shape index (κ3) is 4.16. The summed E-state index contributed by atoms with van der Waals surface area (Å²) in [6.07, 6.45) is -0.944. The van der Waals surface area contributed by atoms with E-state index in [4.69, 9.17) is 23.7 Å². The zero-order chi connectivity index (χ0) is 38.6. The summed E-state index contributed by atoms with van der Waals surface area (Å²) >= 11 is 0. The monoisotopic (exact) mass is 748 g/mol. The normalized spacial score (nSPS) is 48.0. The minimum absolute atomic E-state index is 0.00940. The molecule has 9 rings (SSSR count). The number of ketones is 1. The summed E-state index contributed by atoms with van der Waals surface area (Å²) in [5.74, 6) is -8.25. The molecule has 13 atom stereocenters. The van der Waals surface area contributed by atoms with Crippen molar-refractivity contribution in [3.05, 3.63) is 45.1 Å². The number of aliphatic hydroxyl groups is 3. The molecule has 1 spiro atoms. The van der Waals surface area contributed by atoms with E-state index in [1.807, 2.05) is 6.92 Å². The van der Waals surface area contributed by atoms with Gasteiger partial charge in [-0.1, -0.05) is 13.8 Å². The summed E-state index contributed by atoms with van der Waals surface area (Å²) in [4.78, 5) is 80.9. The topological polar surface area (TPSA) is 209 Å². The third-order valence-electron chi connectivity index (χ3n) is 15.2. The van der Waals surface area contributed by atoms with Gasteiger partial charge in [0.25, 0.3) is 0 Å². The minimum Gasteiger partial charge on any atom is -0.466 e. The Morgan fingerprint density at radius 1 is 0.944 bits per heavy atom. The highest BCUT2D eigenvalue weighted by molar-refractivity contribution is 6.09. The minimum atomic E-state index is -1.79. The molecule has 0 unspecified atom stereocenters. The Kier molecular flexibility index (Phi) is 7.39. The highest BCUT2D eigenvalue weighted by Crippen LogP contribution is 2.83. The SMILES string of the molecule is COC(=O)/C(C)=C1/C(=O)[C@@H](O)[C@@]2(C)C3=C([C@@H](O)[C@H]4[C@@]5(OC(=O)C6=C5C[C@@H]5[C@@](O)(COC(=O)/C(C)=C/COC(=O)CCC(=O)OC6)[C@@H]6C[C@@H]6[C@]54C)[C@@H]31)[C@@H]1C[C@@H]12. The molecule has 0 aromatic heterocycles. The summed E-state index contributed by atoms with van der Waals surface area (Å²) in [5, 5.41) is 37.5. The molecule has 5 fully saturated rings. The average Bonchev–Trinajstić information content (AvgIpc) is 4.05. The molecule has 9 aliphatic rings. The number of carbonyl (C=O) groups excluding carboxylic acids is 6. The number of rotatable bonds is 1. The second-order valence-corrected chi connectivity index (χ2v) is 17.3. The lowest BCUT2D eigenvalue weighted by Crippen LogP contribution is -2.70. The van der Waals surface area contributed by atoms with Gasteiger partial charge in [0, 0.05) is 34.0 Å². The van der Waals surface area contributed by atoms with Crippen molar-refractivity contribution in [2.75, 3.05) is 26.9 Å². The van der Waals surface area contributed by atoms with Crippen LogP contribution in [0.2, 0.25) is 0 Å². The smallest absolute Gasteiger partial charge is 0.338 e. The van der Waals surface area contributed by atoms with E-state index in [0.29, 0.717) is 29.6 Å². The zero-order valence-corrected chi connectivity index (χ0v) is 30.8. The molecule has 54 heavy (non-hydrogen) atoms. The zero-order valence-electron chi connectivity index (χ0n) is 30.8. The van der Waals surface area contributed by atoms with Gasteiger partial charge in [-0.05, 0) is 85.0 Å². The number of methoxy groups -OCH3 is 1. The summed E-state index contributed by atoms with van der Waals surface area (Å²) in [5.41, 5.74) is -3.96. The van der Waals surface area contributed by atoms with Crippen molar-refractivity contribution in [3.63, 3.8) is 0 Å². The number of Topliss-reactive ketones (excluding diaryl/α,β-unsaturated/α-hetero) is 1. The lowest BCUT2D eigenvalue weighted by molar-refractivity contribution is -0.206. The Morgan fingerprint density at radius 3 is 2.35 bits per heavy atom. The van der Waals surface area contributed by atoms with Gasteiger partial charge in [0.05, 0.1) is 37.5 Å². The van der Waals surface area contributed by atoms with Gasteiger partial charge in [-0.3, -0.25) is 14.4 Å². The fraction of sp³-hybridized carbons (Fsp3) is 0.650. The first-order valence-electron chi connectivity index (χ1n) is 18.8. The molecular weight excluding hydrogens is 704 g/mol. The van der Waals surface area contributed by atoms with E-state index in [0.717, 1.165) is 0 Å². The lowest BCUT2D eigenvalue weighted by atomic mass is 9.41. The van der Waals surface area contributed by atoms with Crippen LogP contribution in [-0.2, 0) is 52.5 Å². The van der Waals surface area contributed by atoms with E-state index < -0.39 is 101 Å². The quantitative estimate of drug-likeness (QED) is 0.150. The molecule has 288 valence electrons. The number of cyclic esters (lactones) is 3. The average molecular weight is 749 g/mol. The third-order valence-corrected chi connectivity index (χ3v) is 15.2. The number of aliphatic hydroxyl groups excluding tert-OH is 2. The molecule has 3 N–H and O–H groups in total. The van der Waals surface area contributed by atoms with Crippen LogP contribution in [0.5, 0.6) is 0 Å². The number of carbonyl (C=O) groups is 6. The fourth-order valence-electron chi connectivity index (χ4n) is 12.7. The summed E-state index contributed by atoms with van der Waals surface area (Å²) in [6, 6.07) is 0. The molecule has 0 saturated heterocycles. The number of hydrogen-bond acceptors (Lipinski definition) is 14. The van der Waals surface area contributed by atoms with Gasteiger partial charge in [-0.2, -0.15) is 0 Å². The molecule has 0 radical (unpaired) electrons. The number of fused-ring (bicyclic) bond motifs is 7. The summed E-state index contributed by atoms with van der Waals surface area (Å²) in [7, 11) is 1.18. The highest BCUT2D eigenvalue weighted by atomic mass is 16.6. The molecule has 14 heteroatoms. The first kappa shape index (κ1) is 35.6. The molecular formula is C40H44O14. The Bertz CT molecular complexity index is 2000. The van der Waals surface area contributed by atoms with Gasteiger partial charge in [0.15, 0.2) is 11.4 Å². The number of hydrogen-bond donors (Lipinski definition) is 3. The molecule has 5 saturated carbocycles. The van der Waals surface area contributed by atoms with Gasteiger partial charge < -0.3 is 39.0 Å². The maximum Gasteiger partial charge on any atom is 0.338 e. The maximum atomic E-state index is 14.6. The van der Waals surface area contributed by atoms with Crippen molar-refractivity contribution in [1.29, 1.82) is 0 Å². The molecule has 0 aromatic carbocycles. The number of esters is 5. The van der Waals surface area contributed by atoms with Crippen molar-refractivity contribution in [3.8, 4) is 0 Å². The van der Waals surface area contributed by atoms with Crippen molar-refractivity contribution in [1.82, 2.24) is 0 Å². The predicted molar refractivity (Wildman–Crippen MR) is 180 cm³/mol. The Morgan fingerprint density at radius 2 is 1.65 bits per heavy atom. The fourth-order valence-corrected chi connectivity index (χ4v) is 12.7. The van der Waals surface area contributed by atoms with Crippen LogP contribution in [0.15, 0.2) is 45.1 Å². The van der Waals surface area contributed by atoms with Crippen LogP contribution in [0.1, 0.15) is 59.8 Å². The Hall–Kier alpha value is -4.14. The molecule has 2 heterocycles. The molecule has 14 nitrogen and oxygen atoms in total. The Labute approximate surface area is 310 Å². The maximum absolute atomic E-state index is 14.6. The molecule has 2 bridgehead atoms. The second-order valence-electron chi connectivity index (χ2n) is 17.3. The first-order chi connectivity index (χ1) is 25.5.